The van der Waals surface area contributed by atoms with Gasteiger partial charge in [0.25, 0.3) is 5.56 Å². The second-order valence-electron chi connectivity index (χ2n) is 9.38. The van der Waals surface area contributed by atoms with E-state index in [0.717, 1.165) is 11.1 Å². The molecule has 0 saturated heterocycles. The molecule has 2 heterocycles. The number of hydrogen-bond donors (Lipinski definition) is 0. The van der Waals surface area contributed by atoms with Gasteiger partial charge in [0, 0.05) is 0 Å². The monoisotopic (exact) mass is 604 g/mol. The van der Waals surface area contributed by atoms with Crippen molar-refractivity contribution in [3.63, 3.8) is 0 Å². The van der Waals surface area contributed by atoms with Gasteiger partial charge in [-0.15, -0.1) is 0 Å². The fourth-order valence-electron chi connectivity index (χ4n) is 4.74. The molecule has 1 aliphatic heterocycles. The smallest absolute Gasteiger partial charge is 0.338 e. The summed E-state index contributed by atoms with van der Waals surface area (Å²) in [4.78, 5) is 32.1. The summed E-state index contributed by atoms with van der Waals surface area (Å²) in [7, 11) is 3.11. The summed E-state index contributed by atoms with van der Waals surface area (Å²) >= 11 is 7.85. The van der Waals surface area contributed by atoms with E-state index in [1.165, 1.54) is 23.0 Å². The van der Waals surface area contributed by atoms with Crippen molar-refractivity contribution >= 4 is 35.0 Å². The molecular weight excluding hydrogens is 576 g/mol. The van der Waals surface area contributed by atoms with Gasteiger partial charge in [-0.1, -0.05) is 65.4 Å². The van der Waals surface area contributed by atoms with Crippen molar-refractivity contribution in [2.75, 3.05) is 20.8 Å². The molecule has 4 aromatic rings. The van der Waals surface area contributed by atoms with Gasteiger partial charge in [-0.25, -0.2) is 9.79 Å². The van der Waals surface area contributed by atoms with Crippen LogP contribution in [0.3, 0.4) is 0 Å². The lowest BCUT2D eigenvalue weighted by molar-refractivity contribution is -0.139. The molecule has 0 N–H and O–H groups in total. The fraction of sp³-hybridized carbons (Fsp3) is 0.219. The highest BCUT2D eigenvalue weighted by Crippen LogP contribution is 2.37. The van der Waals surface area contributed by atoms with Gasteiger partial charge in [-0.2, -0.15) is 0 Å². The predicted octanol–water partition coefficient (Wildman–Crippen LogP) is 5.05. The minimum absolute atomic E-state index is 0.197. The van der Waals surface area contributed by atoms with Gasteiger partial charge in [0.05, 0.1) is 47.7 Å². The maximum atomic E-state index is 13.9. The number of allylic oxidation sites excluding steroid dienone is 1. The number of ether oxygens (including phenoxy) is 4. The average molecular weight is 605 g/mol. The largest absolute Gasteiger partial charge is 0.497 e. The van der Waals surface area contributed by atoms with Crippen LogP contribution in [0.15, 0.2) is 87.8 Å². The van der Waals surface area contributed by atoms with Crippen molar-refractivity contribution < 1.29 is 23.7 Å². The minimum Gasteiger partial charge on any atom is -0.497 e. The summed E-state index contributed by atoms with van der Waals surface area (Å²) in [6.45, 7) is 4.01. The van der Waals surface area contributed by atoms with Crippen LogP contribution in [0.2, 0.25) is 5.02 Å². The highest BCUT2D eigenvalue weighted by atomic mass is 35.5. The SMILES string of the molecule is CCOC(=O)C1=C(C)N=c2s/c(=C/c3cc(Cl)c(OCc4ccccc4)c(OC)c3)c(=O)n2[C@H]1c1ccc(OC)cc1. The van der Waals surface area contributed by atoms with Crippen molar-refractivity contribution in [1.82, 2.24) is 4.57 Å². The first kappa shape index (κ1) is 29.2. The Balaban J connectivity index is 1.58. The average Bonchev–Trinajstić information content (AvgIpc) is 3.30. The third-order valence-corrected chi connectivity index (χ3v) is 7.99. The third kappa shape index (κ3) is 5.84. The molecule has 0 amide bonds. The standard InChI is InChI=1S/C32H29ClN2O6S/c1-5-40-31(37)27-19(2)34-32-35(28(27)22-11-13-23(38-3)14-12-22)30(36)26(42-32)17-21-15-24(33)29(25(16-21)39-4)41-18-20-9-7-6-8-10-20/h6-17,28H,5,18H2,1-4H3/b26-17+/t28-/m0/s1. The fourth-order valence-corrected chi connectivity index (χ4v) is 6.06. The van der Waals surface area contributed by atoms with Crippen LogP contribution < -0.4 is 29.1 Å². The first-order chi connectivity index (χ1) is 20.3. The number of fused-ring (bicyclic) bond motifs is 1. The van der Waals surface area contributed by atoms with Crippen molar-refractivity contribution in [2.45, 2.75) is 26.5 Å². The number of benzene rings is 3. The van der Waals surface area contributed by atoms with E-state index in [2.05, 4.69) is 4.99 Å². The molecule has 10 heteroatoms. The van der Waals surface area contributed by atoms with Crippen LogP contribution in [-0.4, -0.2) is 31.4 Å². The molecule has 216 valence electrons. The Hall–Kier alpha value is -4.34. The zero-order valence-corrected chi connectivity index (χ0v) is 25.1. The molecule has 5 rings (SSSR count). The topological polar surface area (TPSA) is 88.4 Å². The van der Waals surface area contributed by atoms with Gasteiger partial charge in [0.2, 0.25) is 0 Å². The highest BCUT2D eigenvalue weighted by Gasteiger charge is 2.33. The second kappa shape index (κ2) is 12.7. The van der Waals surface area contributed by atoms with E-state index < -0.39 is 12.0 Å². The van der Waals surface area contributed by atoms with E-state index in [0.29, 0.717) is 55.0 Å². The molecule has 0 aliphatic carbocycles. The van der Waals surface area contributed by atoms with Crippen molar-refractivity contribution in [1.29, 1.82) is 0 Å². The first-order valence-corrected chi connectivity index (χ1v) is 14.4. The summed E-state index contributed by atoms with van der Waals surface area (Å²) in [5.74, 6) is 0.993. The number of halogens is 1. The normalized spacial score (nSPS) is 14.7. The predicted molar refractivity (Wildman–Crippen MR) is 162 cm³/mol. The first-order valence-electron chi connectivity index (χ1n) is 13.2. The van der Waals surface area contributed by atoms with E-state index in [-0.39, 0.29) is 12.2 Å². The van der Waals surface area contributed by atoms with Crippen LogP contribution in [0.5, 0.6) is 17.2 Å². The molecule has 1 aliphatic rings. The van der Waals surface area contributed by atoms with E-state index in [9.17, 15) is 9.59 Å². The lowest BCUT2D eigenvalue weighted by Crippen LogP contribution is -2.39. The maximum absolute atomic E-state index is 13.9. The lowest BCUT2D eigenvalue weighted by Gasteiger charge is -2.24. The van der Waals surface area contributed by atoms with Gasteiger partial charge < -0.3 is 18.9 Å². The van der Waals surface area contributed by atoms with Crippen LogP contribution in [0.4, 0.5) is 0 Å². The Labute approximate surface area is 251 Å². The molecule has 8 nitrogen and oxygen atoms in total. The molecule has 0 unspecified atom stereocenters. The number of esters is 1. The molecule has 0 bridgehead atoms. The van der Waals surface area contributed by atoms with Crippen LogP contribution in [0.1, 0.15) is 36.6 Å². The van der Waals surface area contributed by atoms with Crippen LogP contribution in [0.25, 0.3) is 6.08 Å². The molecule has 1 atom stereocenters. The van der Waals surface area contributed by atoms with Crippen LogP contribution in [0, 0.1) is 0 Å². The summed E-state index contributed by atoms with van der Waals surface area (Å²) in [6.07, 6.45) is 1.73. The molecule has 3 aromatic carbocycles. The number of carbonyl (C=O) groups excluding carboxylic acids is 1. The Bertz CT molecular complexity index is 1830. The zero-order chi connectivity index (χ0) is 29.8. The van der Waals surface area contributed by atoms with Gasteiger partial charge in [-0.3, -0.25) is 9.36 Å². The van der Waals surface area contributed by atoms with Crippen molar-refractivity contribution in [3.05, 3.63) is 119 Å². The number of hydrogen-bond acceptors (Lipinski definition) is 8. The van der Waals surface area contributed by atoms with Gasteiger partial charge in [0.15, 0.2) is 16.3 Å². The molecule has 42 heavy (non-hydrogen) atoms. The van der Waals surface area contributed by atoms with Gasteiger partial charge in [-0.05, 0) is 60.9 Å². The molecule has 0 saturated carbocycles. The molecule has 0 radical (unpaired) electrons. The minimum atomic E-state index is -0.722. The molecular formula is C32H29ClN2O6S. The number of methoxy groups -OCH3 is 2. The van der Waals surface area contributed by atoms with Crippen molar-refractivity contribution in [2.24, 2.45) is 4.99 Å². The van der Waals surface area contributed by atoms with Gasteiger partial charge in [0.1, 0.15) is 12.4 Å². The summed E-state index contributed by atoms with van der Waals surface area (Å²) in [5.41, 5.74) is 2.87. The number of nitrogens with zero attached hydrogens (tertiary/aromatic N) is 2. The van der Waals surface area contributed by atoms with Crippen LogP contribution in [-0.2, 0) is 16.1 Å². The quantitative estimate of drug-likeness (QED) is 0.249. The Morgan fingerprint density at radius 1 is 1.07 bits per heavy atom. The van der Waals surface area contributed by atoms with E-state index in [4.69, 9.17) is 30.5 Å². The summed E-state index contributed by atoms with van der Waals surface area (Å²) < 4.78 is 24.2. The maximum Gasteiger partial charge on any atom is 0.338 e. The molecule has 1 aromatic heterocycles. The molecule has 0 spiro atoms. The number of aromatic nitrogens is 1. The third-order valence-electron chi connectivity index (χ3n) is 6.72. The number of rotatable bonds is 9. The Morgan fingerprint density at radius 2 is 1.81 bits per heavy atom. The summed E-state index contributed by atoms with van der Waals surface area (Å²) in [5, 5.41) is 0.348. The van der Waals surface area contributed by atoms with E-state index >= 15 is 0 Å². The number of thiazole rings is 1. The lowest BCUT2D eigenvalue weighted by atomic mass is 9.96. The van der Waals surface area contributed by atoms with E-state index in [1.54, 1.807) is 51.3 Å². The van der Waals surface area contributed by atoms with E-state index in [1.807, 2.05) is 42.5 Å². The second-order valence-corrected chi connectivity index (χ2v) is 10.8. The molecule has 0 fully saturated rings. The van der Waals surface area contributed by atoms with Crippen molar-refractivity contribution in [3.8, 4) is 17.2 Å². The highest BCUT2D eigenvalue weighted by molar-refractivity contribution is 7.07. The van der Waals surface area contributed by atoms with Crippen LogP contribution >= 0.6 is 22.9 Å². The van der Waals surface area contributed by atoms with Gasteiger partial charge >= 0.3 is 5.97 Å². The summed E-state index contributed by atoms with van der Waals surface area (Å²) in [6, 6.07) is 19.7. The Kier molecular flexibility index (Phi) is 8.80. The number of carbonyl (C=O) groups is 1. The Morgan fingerprint density at radius 3 is 2.48 bits per heavy atom. The zero-order valence-electron chi connectivity index (χ0n) is 23.5.